The van der Waals surface area contributed by atoms with Crippen molar-refractivity contribution in [2.45, 2.75) is 13.8 Å². The highest BCUT2D eigenvalue weighted by atomic mass is 35.5. The van der Waals surface area contributed by atoms with E-state index in [1.165, 1.54) is 17.0 Å². The highest BCUT2D eigenvalue weighted by Gasteiger charge is 2.05. The fraction of sp³-hybridized carbons (Fsp3) is 0.364. The molecule has 0 saturated heterocycles. The van der Waals surface area contributed by atoms with Crippen LogP contribution in [-0.4, -0.2) is 18.1 Å². The minimum Gasteiger partial charge on any atom is -0.372 e. The molecule has 1 heterocycles. The van der Waals surface area contributed by atoms with Crippen LogP contribution in [0.15, 0.2) is 18.2 Å². The summed E-state index contributed by atoms with van der Waals surface area (Å²) in [4.78, 5) is 6.54. The summed E-state index contributed by atoms with van der Waals surface area (Å²) in [6.45, 7) is 6.36. The van der Waals surface area contributed by atoms with Crippen LogP contribution in [0.4, 0.5) is 5.69 Å². The van der Waals surface area contributed by atoms with Crippen molar-refractivity contribution in [3.8, 4) is 0 Å². The van der Waals surface area contributed by atoms with E-state index < -0.39 is 0 Å². The van der Waals surface area contributed by atoms with Crippen molar-refractivity contribution in [1.82, 2.24) is 4.98 Å². The van der Waals surface area contributed by atoms with Gasteiger partial charge in [-0.25, -0.2) is 4.98 Å². The minimum absolute atomic E-state index is 0.613. The lowest BCUT2D eigenvalue weighted by atomic mass is 10.2. The van der Waals surface area contributed by atoms with Crippen molar-refractivity contribution < 1.29 is 0 Å². The van der Waals surface area contributed by atoms with E-state index in [0.29, 0.717) is 4.47 Å². The van der Waals surface area contributed by atoms with E-state index >= 15 is 0 Å². The van der Waals surface area contributed by atoms with Crippen LogP contribution in [0.1, 0.15) is 13.8 Å². The molecule has 15 heavy (non-hydrogen) atoms. The molecule has 0 fully saturated rings. The molecule has 0 radical (unpaired) electrons. The standard InChI is InChI=1S/C11H13ClN2S/c1-3-14(4-2)8-5-6-9-10(7-8)15-11(12)13-9/h5-7H,3-4H2,1-2H3. The number of benzene rings is 1. The molecule has 0 saturated carbocycles. The van der Waals surface area contributed by atoms with Gasteiger partial charge in [0.05, 0.1) is 10.2 Å². The molecule has 0 aliphatic rings. The fourth-order valence-electron chi connectivity index (χ4n) is 1.67. The Bertz CT molecular complexity index is 463. The van der Waals surface area contributed by atoms with E-state index in [1.54, 1.807) is 0 Å². The second-order valence-electron chi connectivity index (χ2n) is 3.29. The maximum Gasteiger partial charge on any atom is 0.184 e. The highest BCUT2D eigenvalue weighted by Crippen LogP contribution is 2.29. The molecule has 1 aromatic carbocycles. The lowest BCUT2D eigenvalue weighted by Crippen LogP contribution is -2.21. The minimum atomic E-state index is 0.613. The number of aromatic nitrogens is 1. The number of thiazole rings is 1. The van der Waals surface area contributed by atoms with Gasteiger partial charge in [0.1, 0.15) is 0 Å². The Morgan fingerprint density at radius 3 is 2.73 bits per heavy atom. The van der Waals surface area contributed by atoms with Gasteiger partial charge < -0.3 is 4.90 Å². The van der Waals surface area contributed by atoms with E-state index in [9.17, 15) is 0 Å². The molecule has 2 rings (SSSR count). The molecule has 2 nitrogen and oxygen atoms in total. The van der Waals surface area contributed by atoms with Crippen molar-refractivity contribution in [1.29, 1.82) is 0 Å². The van der Waals surface area contributed by atoms with Gasteiger partial charge in [-0.1, -0.05) is 11.6 Å². The van der Waals surface area contributed by atoms with Gasteiger partial charge in [-0.3, -0.25) is 0 Å². The zero-order valence-corrected chi connectivity index (χ0v) is 10.4. The van der Waals surface area contributed by atoms with Crippen LogP contribution >= 0.6 is 22.9 Å². The summed E-state index contributed by atoms with van der Waals surface area (Å²) >= 11 is 7.41. The predicted molar refractivity (Wildman–Crippen MR) is 68.2 cm³/mol. The zero-order chi connectivity index (χ0) is 10.8. The Morgan fingerprint density at radius 2 is 2.07 bits per heavy atom. The molecular weight excluding hydrogens is 228 g/mol. The Kier molecular flexibility index (Phi) is 3.12. The lowest BCUT2D eigenvalue weighted by molar-refractivity contribution is 0.867. The molecule has 0 unspecified atom stereocenters. The second-order valence-corrected chi connectivity index (χ2v) is 4.90. The van der Waals surface area contributed by atoms with Gasteiger partial charge >= 0.3 is 0 Å². The average Bonchev–Trinajstić information content (AvgIpc) is 2.59. The number of nitrogens with zero attached hydrogens (tertiary/aromatic N) is 2. The first-order chi connectivity index (χ1) is 7.24. The summed E-state index contributed by atoms with van der Waals surface area (Å²) in [6.07, 6.45) is 0. The van der Waals surface area contributed by atoms with Crippen LogP contribution in [0.5, 0.6) is 0 Å². The Morgan fingerprint density at radius 1 is 1.33 bits per heavy atom. The van der Waals surface area contributed by atoms with Gasteiger partial charge in [-0.15, -0.1) is 11.3 Å². The molecule has 1 aromatic heterocycles. The third kappa shape index (κ3) is 2.08. The maximum absolute atomic E-state index is 5.88. The lowest BCUT2D eigenvalue weighted by Gasteiger charge is -2.20. The molecule has 0 aliphatic heterocycles. The van der Waals surface area contributed by atoms with Crippen molar-refractivity contribution in [3.05, 3.63) is 22.7 Å². The van der Waals surface area contributed by atoms with Gasteiger partial charge in [0.15, 0.2) is 4.47 Å². The number of rotatable bonds is 3. The van der Waals surface area contributed by atoms with E-state index in [2.05, 4.69) is 35.9 Å². The molecule has 0 atom stereocenters. The van der Waals surface area contributed by atoms with Gasteiger partial charge in [0.25, 0.3) is 0 Å². The first-order valence-corrected chi connectivity index (χ1v) is 6.25. The normalized spacial score (nSPS) is 10.9. The second kappa shape index (κ2) is 4.37. The number of hydrogen-bond donors (Lipinski definition) is 0. The topological polar surface area (TPSA) is 16.1 Å². The quantitative estimate of drug-likeness (QED) is 0.812. The van der Waals surface area contributed by atoms with Crippen LogP contribution in [0.2, 0.25) is 4.47 Å². The molecule has 0 amide bonds. The van der Waals surface area contributed by atoms with Crippen molar-refractivity contribution in [3.63, 3.8) is 0 Å². The monoisotopic (exact) mass is 240 g/mol. The molecular formula is C11H13ClN2S. The average molecular weight is 241 g/mol. The number of anilines is 1. The summed E-state index contributed by atoms with van der Waals surface area (Å²) < 4.78 is 1.77. The van der Waals surface area contributed by atoms with E-state index in [4.69, 9.17) is 11.6 Å². The van der Waals surface area contributed by atoms with Crippen LogP contribution < -0.4 is 4.90 Å². The smallest absolute Gasteiger partial charge is 0.184 e. The largest absolute Gasteiger partial charge is 0.372 e. The van der Waals surface area contributed by atoms with E-state index in [-0.39, 0.29) is 0 Å². The van der Waals surface area contributed by atoms with E-state index in [1.807, 2.05) is 6.07 Å². The third-order valence-corrected chi connectivity index (χ3v) is 3.60. The molecule has 80 valence electrons. The summed E-state index contributed by atoms with van der Waals surface area (Å²) in [5.41, 5.74) is 2.23. The van der Waals surface area contributed by atoms with Crippen molar-refractivity contribution >= 4 is 38.8 Å². The first-order valence-electron chi connectivity index (χ1n) is 5.05. The zero-order valence-electron chi connectivity index (χ0n) is 8.83. The van der Waals surface area contributed by atoms with Gasteiger partial charge in [-0.2, -0.15) is 0 Å². The number of halogens is 1. The molecule has 0 aliphatic carbocycles. The van der Waals surface area contributed by atoms with Crippen LogP contribution in [0.3, 0.4) is 0 Å². The number of fused-ring (bicyclic) bond motifs is 1. The Labute approximate surface area is 98.5 Å². The molecule has 0 N–H and O–H groups in total. The first kappa shape index (κ1) is 10.7. The van der Waals surface area contributed by atoms with Gasteiger partial charge in [-0.05, 0) is 32.0 Å². The SMILES string of the molecule is CCN(CC)c1ccc2nc(Cl)sc2c1. The Balaban J connectivity index is 2.45. The Hall–Kier alpha value is -0.800. The van der Waals surface area contributed by atoms with Crippen molar-refractivity contribution in [2.24, 2.45) is 0 Å². The summed E-state index contributed by atoms with van der Waals surface area (Å²) in [6, 6.07) is 6.29. The number of hydrogen-bond acceptors (Lipinski definition) is 3. The maximum atomic E-state index is 5.88. The fourth-order valence-corrected chi connectivity index (χ4v) is 2.73. The van der Waals surface area contributed by atoms with Crippen LogP contribution in [0, 0.1) is 0 Å². The van der Waals surface area contributed by atoms with Gasteiger partial charge in [0, 0.05) is 18.8 Å². The third-order valence-electron chi connectivity index (χ3n) is 2.47. The molecule has 4 heteroatoms. The van der Waals surface area contributed by atoms with Crippen LogP contribution in [0.25, 0.3) is 10.2 Å². The van der Waals surface area contributed by atoms with E-state index in [0.717, 1.165) is 23.3 Å². The summed E-state index contributed by atoms with van der Waals surface area (Å²) in [7, 11) is 0. The predicted octanol–water partition coefficient (Wildman–Crippen LogP) is 3.80. The van der Waals surface area contributed by atoms with Crippen LogP contribution in [-0.2, 0) is 0 Å². The van der Waals surface area contributed by atoms with Gasteiger partial charge in [0.2, 0.25) is 0 Å². The summed E-state index contributed by atoms with van der Waals surface area (Å²) in [5, 5.41) is 0. The highest BCUT2D eigenvalue weighted by molar-refractivity contribution is 7.22. The molecule has 0 spiro atoms. The van der Waals surface area contributed by atoms with Crippen molar-refractivity contribution in [2.75, 3.05) is 18.0 Å². The summed E-state index contributed by atoms with van der Waals surface area (Å²) in [5.74, 6) is 0. The molecule has 0 bridgehead atoms. The molecule has 2 aromatic rings.